The summed E-state index contributed by atoms with van der Waals surface area (Å²) in [7, 11) is 3.27. The van der Waals surface area contributed by atoms with E-state index in [2.05, 4.69) is 0 Å². The van der Waals surface area contributed by atoms with Crippen LogP contribution in [-0.4, -0.2) is 40.2 Å². The fourth-order valence-electron chi connectivity index (χ4n) is 6.09. The van der Waals surface area contributed by atoms with Gasteiger partial charge < -0.3 is 28.4 Å². The van der Waals surface area contributed by atoms with E-state index in [9.17, 15) is 4.79 Å². The van der Waals surface area contributed by atoms with E-state index in [4.69, 9.17) is 28.4 Å². The molecule has 0 radical (unpaired) electrons. The van der Waals surface area contributed by atoms with Gasteiger partial charge in [0.2, 0.25) is 12.5 Å². The zero-order valence-electron chi connectivity index (χ0n) is 20.9. The lowest BCUT2D eigenvalue weighted by molar-refractivity contribution is -0.136. The normalized spacial score (nSPS) is 20.6. The van der Waals surface area contributed by atoms with Crippen LogP contribution in [0.15, 0.2) is 35.4 Å². The number of carbonyl (C=O) groups excluding carboxylic acids is 1. The molecule has 1 saturated carbocycles. The minimum Gasteiger partial charge on any atom is -0.493 e. The number of carbonyl (C=O) groups is 1. The van der Waals surface area contributed by atoms with E-state index < -0.39 is 0 Å². The molecule has 7 nitrogen and oxygen atoms in total. The Morgan fingerprint density at radius 3 is 2.36 bits per heavy atom. The summed E-state index contributed by atoms with van der Waals surface area (Å²) in [5.41, 5.74) is 4.69. The fourth-order valence-corrected chi connectivity index (χ4v) is 6.09. The molecule has 0 saturated heterocycles. The Labute approximate surface area is 211 Å². The third kappa shape index (κ3) is 4.04. The first-order chi connectivity index (χ1) is 17.7. The summed E-state index contributed by atoms with van der Waals surface area (Å²) in [5, 5.41) is 0. The molecule has 0 unspecified atom stereocenters. The summed E-state index contributed by atoms with van der Waals surface area (Å²) in [4.78, 5) is 12.9. The van der Waals surface area contributed by atoms with Gasteiger partial charge in [-0.05, 0) is 65.3 Å². The van der Waals surface area contributed by atoms with Crippen LogP contribution in [-0.2, 0) is 16.0 Å². The molecule has 1 fully saturated rings. The summed E-state index contributed by atoms with van der Waals surface area (Å²) in [6, 6.07) is 7.93. The lowest BCUT2D eigenvalue weighted by Gasteiger charge is -2.28. The second-order valence-corrected chi connectivity index (χ2v) is 10.0. The van der Waals surface area contributed by atoms with Crippen molar-refractivity contribution in [1.29, 1.82) is 0 Å². The molecule has 2 aromatic carbocycles. The molecule has 2 aliphatic carbocycles. The van der Waals surface area contributed by atoms with Crippen LogP contribution >= 0.6 is 0 Å². The number of hydrogen-bond acceptors (Lipinski definition) is 7. The molecule has 0 amide bonds. The molecule has 4 aliphatic rings. The first kappa shape index (κ1) is 23.1. The van der Waals surface area contributed by atoms with Gasteiger partial charge in [0.15, 0.2) is 23.0 Å². The van der Waals surface area contributed by atoms with Gasteiger partial charge in [0.05, 0.1) is 26.4 Å². The number of rotatable bonds is 7. The summed E-state index contributed by atoms with van der Waals surface area (Å²) >= 11 is 0. The van der Waals surface area contributed by atoms with Crippen LogP contribution in [0.2, 0.25) is 0 Å². The minimum atomic E-state index is -0.327. The van der Waals surface area contributed by atoms with Gasteiger partial charge in [0, 0.05) is 5.92 Å². The molecular weight excluding hydrogens is 460 g/mol. The number of benzene rings is 2. The Morgan fingerprint density at radius 1 is 0.917 bits per heavy atom. The van der Waals surface area contributed by atoms with Crippen molar-refractivity contribution in [2.24, 2.45) is 5.92 Å². The monoisotopic (exact) mass is 492 g/mol. The molecule has 36 heavy (non-hydrogen) atoms. The van der Waals surface area contributed by atoms with Crippen molar-refractivity contribution in [2.75, 3.05) is 34.2 Å². The second kappa shape index (κ2) is 9.60. The molecule has 1 atom stereocenters. The predicted octanol–water partition coefficient (Wildman–Crippen LogP) is 5.32. The SMILES string of the molecule is COc1cc([C@H]2C3=C(COC3=O)Cc3cc4c(cc32)OCO4)cc(OC)c1OCCC1CCCCC1. The van der Waals surface area contributed by atoms with E-state index >= 15 is 0 Å². The number of fused-ring (bicyclic) bond motifs is 2. The first-order valence-electron chi connectivity index (χ1n) is 12.9. The van der Waals surface area contributed by atoms with Crippen LogP contribution < -0.4 is 23.7 Å². The number of methoxy groups -OCH3 is 2. The van der Waals surface area contributed by atoms with Crippen LogP contribution in [0.25, 0.3) is 0 Å². The van der Waals surface area contributed by atoms with Crippen molar-refractivity contribution >= 4 is 5.97 Å². The van der Waals surface area contributed by atoms with E-state index in [-0.39, 0.29) is 18.7 Å². The minimum absolute atomic E-state index is 0.201. The lowest BCUT2D eigenvalue weighted by atomic mass is 9.75. The maximum Gasteiger partial charge on any atom is 0.335 e. The smallest absolute Gasteiger partial charge is 0.335 e. The Balaban J connectivity index is 1.36. The van der Waals surface area contributed by atoms with Crippen LogP contribution in [0.5, 0.6) is 28.7 Å². The average Bonchev–Trinajstić information content (AvgIpc) is 3.52. The predicted molar refractivity (Wildman–Crippen MR) is 132 cm³/mol. The van der Waals surface area contributed by atoms with E-state index in [0.717, 1.165) is 40.4 Å². The number of cyclic esters (lactones) is 1. The highest BCUT2D eigenvalue weighted by Crippen LogP contribution is 2.50. The highest BCUT2D eigenvalue weighted by atomic mass is 16.7. The third-order valence-electron chi connectivity index (χ3n) is 7.93. The Kier molecular flexibility index (Phi) is 6.15. The zero-order valence-corrected chi connectivity index (χ0v) is 20.9. The van der Waals surface area contributed by atoms with E-state index in [1.54, 1.807) is 14.2 Å². The quantitative estimate of drug-likeness (QED) is 0.484. The summed E-state index contributed by atoms with van der Waals surface area (Å²) in [6.45, 7) is 1.13. The van der Waals surface area contributed by atoms with Gasteiger partial charge in [0.1, 0.15) is 6.61 Å². The van der Waals surface area contributed by atoms with Crippen LogP contribution in [0.1, 0.15) is 61.1 Å². The highest BCUT2D eigenvalue weighted by Gasteiger charge is 2.40. The van der Waals surface area contributed by atoms with Crippen molar-refractivity contribution in [3.8, 4) is 28.7 Å². The van der Waals surface area contributed by atoms with Crippen molar-refractivity contribution in [1.82, 2.24) is 0 Å². The number of ether oxygens (including phenoxy) is 6. The maximum absolute atomic E-state index is 12.9. The molecule has 0 bridgehead atoms. The molecule has 6 rings (SSSR count). The lowest BCUT2D eigenvalue weighted by Crippen LogP contribution is -2.18. The maximum atomic E-state index is 12.9. The van der Waals surface area contributed by atoms with Gasteiger partial charge >= 0.3 is 5.97 Å². The fraction of sp³-hybridized carbons (Fsp3) is 0.483. The number of esters is 1. The third-order valence-corrected chi connectivity index (χ3v) is 7.93. The molecule has 7 heteroatoms. The van der Waals surface area contributed by atoms with Gasteiger partial charge in [-0.1, -0.05) is 32.1 Å². The topological polar surface area (TPSA) is 72.5 Å². The Hall–Kier alpha value is -3.35. The van der Waals surface area contributed by atoms with Crippen molar-refractivity contribution in [3.05, 3.63) is 52.1 Å². The molecule has 0 aromatic heterocycles. The van der Waals surface area contributed by atoms with Crippen molar-refractivity contribution < 1.29 is 33.2 Å². The van der Waals surface area contributed by atoms with Crippen molar-refractivity contribution in [2.45, 2.75) is 50.9 Å². The van der Waals surface area contributed by atoms with Crippen LogP contribution in [0.3, 0.4) is 0 Å². The molecule has 2 aliphatic heterocycles. The van der Waals surface area contributed by atoms with Gasteiger partial charge in [-0.3, -0.25) is 0 Å². The van der Waals surface area contributed by atoms with E-state index in [1.165, 1.54) is 32.1 Å². The molecule has 0 spiro atoms. The van der Waals surface area contributed by atoms with Gasteiger partial charge in [0.25, 0.3) is 0 Å². The summed E-state index contributed by atoms with van der Waals surface area (Å²) in [6.07, 6.45) is 8.22. The standard InChI is InChI=1S/C29H32O7/c1-31-24-12-19(13-25(32-2)28(24)33-9-8-17-6-4-3-5-7-17)26-21-14-23-22(35-16-36-23)11-18(21)10-20-15-34-29(30)27(20)26/h11-14,17,26H,3-10,15-16H2,1-2H3/t26-/m1/s1. The summed E-state index contributed by atoms with van der Waals surface area (Å²) < 4.78 is 34.6. The first-order valence-corrected chi connectivity index (χ1v) is 12.9. The van der Waals surface area contributed by atoms with E-state index in [0.29, 0.717) is 48.2 Å². The molecule has 190 valence electrons. The average molecular weight is 493 g/mol. The van der Waals surface area contributed by atoms with Crippen LogP contribution in [0.4, 0.5) is 0 Å². The van der Waals surface area contributed by atoms with Gasteiger partial charge in [-0.25, -0.2) is 4.79 Å². The second-order valence-electron chi connectivity index (χ2n) is 10.0. The van der Waals surface area contributed by atoms with Gasteiger partial charge in [-0.2, -0.15) is 0 Å². The van der Waals surface area contributed by atoms with Crippen LogP contribution in [0, 0.1) is 5.92 Å². The highest BCUT2D eigenvalue weighted by molar-refractivity contribution is 5.95. The Bertz CT molecular complexity index is 1180. The summed E-state index contributed by atoms with van der Waals surface area (Å²) in [5.74, 6) is 3.33. The van der Waals surface area contributed by atoms with Crippen molar-refractivity contribution in [3.63, 3.8) is 0 Å². The largest absolute Gasteiger partial charge is 0.493 e. The zero-order chi connectivity index (χ0) is 24.6. The molecule has 2 aromatic rings. The van der Waals surface area contributed by atoms with E-state index in [1.807, 2.05) is 24.3 Å². The number of hydrogen-bond donors (Lipinski definition) is 0. The molecule has 2 heterocycles. The molecule has 0 N–H and O–H groups in total. The Morgan fingerprint density at radius 2 is 1.64 bits per heavy atom. The molecular formula is C29H32O7. The van der Waals surface area contributed by atoms with Gasteiger partial charge in [-0.15, -0.1) is 0 Å².